The smallest absolute Gasteiger partial charge is 0.236 e. The maximum Gasteiger partial charge on any atom is 0.236 e. The lowest BCUT2D eigenvalue weighted by Gasteiger charge is -2.13. The molecule has 0 bridgehead atoms. The topological polar surface area (TPSA) is 111 Å². The fourth-order valence-corrected chi connectivity index (χ4v) is 4.31. The normalized spacial score (nSPS) is 10.7. The minimum atomic E-state index is -0.250. The summed E-state index contributed by atoms with van der Waals surface area (Å²) in [6, 6.07) is 13.4. The quantitative estimate of drug-likeness (QED) is 0.405. The van der Waals surface area contributed by atoms with Gasteiger partial charge >= 0.3 is 0 Å². The molecule has 1 aromatic carbocycles. The van der Waals surface area contributed by atoms with E-state index in [2.05, 4.69) is 26.6 Å². The van der Waals surface area contributed by atoms with E-state index in [0.717, 1.165) is 28.3 Å². The molecular formula is C24H23N7O2S. The monoisotopic (exact) mass is 473 g/mol. The van der Waals surface area contributed by atoms with Crippen molar-refractivity contribution >= 4 is 23.5 Å². The first kappa shape index (κ1) is 23.1. The number of ether oxygens (including phenoxy) is 1. The molecular weight excluding hydrogens is 450 g/mol. The number of nitriles is 1. The molecule has 172 valence electrons. The third-order valence-electron chi connectivity index (χ3n) is 5.50. The van der Waals surface area contributed by atoms with Crippen LogP contribution in [0.4, 0.5) is 5.82 Å². The number of nitrogens with zero attached hydrogens (tertiary/aromatic N) is 6. The average molecular weight is 474 g/mol. The van der Waals surface area contributed by atoms with Crippen molar-refractivity contribution in [1.29, 1.82) is 5.26 Å². The van der Waals surface area contributed by atoms with Crippen LogP contribution in [0.2, 0.25) is 0 Å². The second-order valence-corrected chi connectivity index (χ2v) is 8.47. The van der Waals surface area contributed by atoms with Gasteiger partial charge in [0.15, 0.2) is 11.0 Å². The summed E-state index contributed by atoms with van der Waals surface area (Å²) in [6.07, 6.45) is 3.41. The van der Waals surface area contributed by atoms with Gasteiger partial charge in [0.25, 0.3) is 0 Å². The number of benzene rings is 1. The Kier molecular flexibility index (Phi) is 6.65. The highest BCUT2D eigenvalue weighted by atomic mass is 32.2. The molecule has 10 heteroatoms. The van der Waals surface area contributed by atoms with Gasteiger partial charge in [0.1, 0.15) is 17.6 Å². The van der Waals surface area contributed by atoms with Crippen molar-refractivity contribution in [2.24, 2.45) is 7.05 Å². The van der Waals surface area contributed by atoms with E-state index in [4.69, 9.17) is 4.74 Å². The number of carbonyl (C=O) groups excluding carboxylic acids is 1. The van der Waals surface area contributed by atoms with Crippen molar-refractivity contribution < 1.29 is 9.53 Å². The fourth-order valence-electron chi connectivity index (χ4n) is 3.60. The molecule has 0 saturated carbocycles. The minimum Gasteiger partial charge on any atom is -0.497 e. The number of rotatable bonds is 7. The number of amides is 1. The number of hydrogen-bond donors (Lipinski definition) is 1. The van der Waals surface area contributed by atoms with Crippen LogP contribution in [0, 0.1) is 25.2 Å². The van der Waals surface area contributed by atoms with Crippen LogP contribution in [0.5, 0.6) is 5.75 Å². The van der Waals surface area contributed by atoms with Crippen LogP contribution >= 0.6 is 11.8 Å². The Labute approximate surface area is 201 Å². The SMILES string of the molecule is COc1ccc(-n2c(C)c(C)c(C#N)c2NC(=O)CSc2nnc(-c3cccnc3)n2C)cc1. The lowest BCUT2D eigenvalue weighted by Crippen LogP contribution is -2.18. The van der Waals surface area contributed by atoms with Crippen molar-refractivity contribution in [3.63, 3.8) is 0 Å². The lowest BCUT2D eigenvalue weighted by molar-refractivity contribution is -0.113. The Morgan fingerprint density at radius 1 is 1.21 bits per heavy atom. The fraction of sp³-hybridized carbons (Fsp3) is 0.208. The summed E-state index contributed by atoms with van der Waals surface area (Å²) in [5.41, 5.74) is 3.79. The maximum absolute atomic E-state index is 12.9. The number of hydrogen-bond acceptors (Lipinski definition) is 7. The highest BCUT2D eigenvalue weighted by molar-refractivity contribution is 7.99. The van der Waals surface area contributed by atoms with Gasteiger partial charge in [-0.1, -0.05) is 11.8 Å². The molecule has 0 aliphatic carbocycles. The van der Waals surface area contributed by atoms with Gasteiger partial charge in [0.05, 0.1) is 18.4 Å². The summed E-state index contributed by atoms with van der Waals surface area (Å²) >= 11 is 1.27. The van der Waals surface area contributed by atoms with E-state index in [1.807, 2.05) is 66.4 Å². The summed E-state index contributed by atoms with van der Waals surface area (Å²) in [6.45, 7) is 3.79. The molecule has 9 nitrogen and oxygen atoms in total. The van der Waals surface area contributed by atoms with Gasteiger partial charge in [-0.3, -0.25) is 14.3 Å². The average Bonchev–Trinajstić information content (AvgIpc) is 3.34. The molecule has 0 atom stereocenters. The van der Waals surface area contributed by atoms with Gasteiger partial charge < -0.3 is 14.6 Å². The first-order valence-electron chi connectivity index (χ1n) is 10.4. The highest BCUT2D eigenvalue weighted by Gasteiger charge is 2.21. The molecule has 4 rings (SSSR count). The molecule has 0 saturated heterocycles. The number of carbonyl (C=O) groups is 1. The van der Waals surface area contributed by atoms with Crippen molar-refractivity contribution in [3.05, 3.63) is 65.6 Å². The number of thioether (sulfide) groups is 1. The number of methoxy groups -OCH3 is 1. The predicted octanol–water partition coefficient (Wildman–Crippen LogP) is 3.90. The number of pyridine rings is 1. The van der Waals surface area contributed by atoms with E-state index in [9.17, 15) is 10.1 Å². The first-order chi connectivity index (χ1) is 16.4. The van der Waals surface area contributed by atoms with Crippen LogP contribution in [0.15, 0.2) is 53.9 Å². The summed E-state index contributed by atoms with van der Waals surface area (Å²) in [5, 5.41) is 21.7. The second kappa shape index (κ2) is 9.80. The number of nitrogens with one attached hydrogen (secondary N) is 1. The van der Waals surface area contributed by atoms with Gasteiger partial charge in [0.2, 0.25) is 5.91 Å². The molecule has 3 heterocycles. The van der Waals surface area contributed by atoms with E-state index < -0.39 is 0 Å². The van der Waals surface area contributed by atoms with Crippen LogP contribution in [0.1, 0.15) is 16.8 Å². The summed E-state index contributed by atoms with van der Waals surface area (Å²) < 4.78 is 8.94. The Balaban J connectivity index is 1.55. The van der Waals surface area contributed by atoms with Crippen LogP contribution in [-0.4, -0.2) is 43.1 Å². The molecule has 4 aromatic rings. The van der Waals surface area contributed by atoms with Crippen molar-refractivity contribution in [2.45, 2.75) is 19.0 Å². The van der Waals surface area contributed by atoms with Gasteiger partial charge in [-0.15, -0.1) is 10.2 Å². The van der Waals surface area contributed by atoms with Gasteiger partial charge in [-0.05, 0) is 55.8 Å². The van der Waals surface area contributed by atoms with Crippen LogP contribution in [0.25, 0.3) is 17.1 Å². The lowest BCUT2D eigenvalue weighted by atomic mass is 10.2. The third-order valence-corrected chi connectivity index (χ3v) is 6.52. The number of anilines is 1. The van der Waals surface area contributed by atoms with Crippen LogP contribution in [-0.2, 0) is 11.8 Å². The second-order valence-electron chi connectivity index (χ2n) is 7.52. The molecule has 0 unspecified atom stereocenters. The van der Waals surface area contributed by atoms with E-state index >= 15 is 0 Å². The Bertz CT molecular complexity index is 1370. The Morgan fingerprint density at radius 2 is 1.97 bits per heavy atom. The highest BCUT2D eigenvalue weighted by Crippen LogP contribution is 2.31. The number of aromatic nitrogens is 5. The molecule has 0 aliphatic rings. The third kappa shape index (κ3) is 4.38. The molecule has 1 amide bonds. The Hall–Kier alpha value is -4.10. The zero-order valence-corrected chi connectivity index (χ0v) is 20.1. The summed E-state index contributed by atoms with van der Waals surface area (Å²) in [7, 11) is 3.45. The molecule has 0 aliphatic heterocycles. The van der Waals surface area contributed by atoms with E-state index in [1.165, 1.54) is 11.8 Å². The van der Waals surface area contributed by atoms with Gasteiger partial charge in [-0.2, -0.15) is 5.26 Å². The largest absolute Gasteiger partial charge is 0.497 e. The van der Waals surface area contributed by atoms with Crippen molar-refractivity contribution in [2.75, 3.05) is 18.2 Å². The zero-order chi connectivity index (χ0) is 24.2. The minimum absolute atomic E-state index is 0.107. The van der Waals surface area contributed by atoms with E-state index in [1.54, 1.807) is 19.5 Å². The zero-order valence-electron chi connectivity index (χ0n) is 19.2. The maximum atomic E-state index is 12.9. The van der Waals surface area contributed by atoms with E-state index in [0.29, 0.717) is 22.4 Å². The molecule has 34 heavy (non-hydrogen) atoms. The summed E-state index contributed by atoms with van der Waals surface area (Å²) in [5.74, 6) is 1.70. The standard InChI is InChI=1S/C24H23N7O2S/c1-15-16(2)31(18-7-9-19(33-4)10-8-18)23(20(15)12-25)27-21(32)14-34-24-29-28-22(30(24)3)17-6-5-11-26-13-17/h5-11,13H,14H2,1-4H3,(H,27,32). The van der Waals surface area contributed by atoms with Crippen LogP contribution < -0.4 is 10.1 Å². The van der Waals surface area contributed by atoms with Crippen molar-refractivity contribution in [1.82, 2.24) is 24.3 Å². The summed E-state index contributed by atoms with van der Waals surface area (Å²) in [4.78, 5) is 17.0. The van der Waals surface area contributed by atoms with Gasteiger partial charge in [0, 0.05) is 36.4 Å². The first-order valence-corrected chi connectivity index (χ1v) is 11.4. The molecule has 0 spiro atoms. The van der Waals surface area contributed by atoms with Gasteiger partial charge in [-0.25, -0.2) is 0 Å². The Morgan fingerprint density at radius 3 is 2.62 bits per heavy atom. The van der Waals surface area contributed by atoms with E-state index in [-0.39, 0.29) is 11.7 Å². The van der Waals surface area contributed by atoms with Crippen LogP contribution in [0.3, 0.4) is 0 Å². The molecule has 3 aromatic heterocycles. The van der Waals surface area contributed by atoms with Crippen molar-refractivity contribution in [3.8, 4) is 28.9 Å². The molecule has 1 N–H and O–H groups in total. The molecule has 0 radical (unpaired) electrons. The predicted molar refractivity (Wildman–Crippen MR) is 130 cm³/mol. The molecule has 0 fully saturated rings.